The largest absolute Gasteiger partial charge is 0.321 e. The number of hydrogen-bond acceptors (Lipinski definition) is 4. The van der Waals surface area contributed by atoms with Crippen molar-refractivity contribution in [3.63, 3.8) is 0 Å². The van der Waals surface area contributed by atoms with Gasteiger partial charge in [0, 0.05) is 48.8 Å². The molecule has 0 radical (unpaired) electrons. The van der Waals surface area contributed by atoms with E-state index in [9.17, 15) is 9.59 Å². The summed E-state index contributed by atoms with van der Waals surface area (Å²) in [7, 11) is 0. The Balaban J connectivity index is 1.34. The Kier molecular flexibility index (Phi) is 7.50. The second kappa shape index (κ2) is 10.9. The molecule has 7 heteroatoms. The van der Waals surface area contributed by atoms with Crippen LogP contribution in [0.15, 0.2) is 84.0 Å². The van der Waals surface area contributed by atoms with Gasteiger partial charge in [-0.25, -0.2) is 5.43 Å². The molecule has 1 fully saturated rings. The number of para-hydroxylation sites is 1. The normalized spacial score (nSPS) is 13.9. The van der Waals surface area contributed by atoms with Gasteiger partial charge in [0.05, 0.1) is 11.3 Å². The van der Waals surface area contributed by atoms with E-state index < -0.39 is 0 Å². The maximum absolute atomic E-state index is 12.8. The lowest BCUT2D eigenvalue weighted by molar-refractivity contribution is 0.0955. The Morgan fingerprint density at radius 2 is 1.52 bits per heavy atom. The zero-order valence-corrected chi connectivity index (χ0v) is 18.9. The minimum Gasteiger partial charge on any atom is -0.321 e. The summed E-state index contributed by atoms with van der Waals surface area (Å²) in [5, 5.41) is 7.70. The summed E-state index contributed by atoms with van der Waals surface area (Å²) in [6, 6.07) is 23.8. The monoisotopic (exact) mass is 460 g/mol. The highest BCUT2D eigenvalue weighted by Gasteiger charge is 2.17. The lowest BCUT2D eigenvalue weighted by Gasteiger charge is -2.27. The second-order valence-corrected chi connectivity index (χ2v) is 8.32. The van der Waals surface area contributed by atoms with Crippen LogP contribution in [0.25, 0.3) is 0 Å². The van der Waals surface area contributed by atoms with Gasteiger partial charge in [0.2, 0.25) is 0 Å². The van der Waals surface area contributed by atoms with Crippen molar-refractivity contribution in [1.82, 2.24) is 10.3 Å². The molecule has 0 bridgehead atoms. The molecule has 0 aliphatic carbocycles. The zero-order chi connectivity index (χ0) is 23.0. The maximum Gasteiger partial charge on any atom is 0.273 e. The van der Waals surface area contributed by atoms with Crippen molar-refractivity contribution in [3.8, 4) is 0 Å². The Morgan fingerprint density at radius 3 is 2.24 bits per heavy atom. The first-order chi connectivity index (χ1) is 16.1. The number of piperidine rings is 1. The first-order valence-electron chi connectivity index (χ1n) is 10.9. The number of nitrogens with zero attached hydrogens (tertiary/aromatic N) is 2. The number of amides is 2. The first kappa shape index (κ1) is 22.7. The van der Waals surface area contributed by atoms with Crippen LogP contribution in [-0.2, 0) is 6.54 Å². The quantitative estimate of drug-likeness (QED) is 0.510. The number of rotatable bonds is 6. The first-order valence-corrected chi connectivity index (χ1v) is 11.2. The van der Waals surface area contributed by atoms with Crippen LogP contribution in [0, 0.1) is 0 Å². The van der Waals surface area contributed by atoms with Crippen LogP contribution in [0.3, 0.4) is 0 Å². The van der Waals surface area contributed by atoms with Gasteiger partial charge in [-0.1, -0.05) is 54.1 Å². The maximum atomic E-state index is 12.8. The van der Waals surface area contributed by atoms with Gasteiger partial charge in [0.25, 0.3) is 11.8 Å². The Labute approximate surface area is 198 Å². The molecule has 0 aromatic heterocycles. The van der Waals surface area contributed by atoms with E-state index in [-0.39, 0.29) is 11.8 Å². The van der Waals surface area contributed by atoms with Crippen molar-refractivity contribution in [2.75, 3.05) is 18.4 Å². The molecule has 2 amide bonds. The predicted octanol–water partition coefficient (Wildman–Crippen LogP) is 4.97. The molecule has 3 aromatic rings. The van der Waals surface area contributed by atoms with Crippen LogP contribution in [0.4, 0.5) is 5.69 Å². The van der Waals surface area contributed by atoms with Crippen LogP contribution in [-0.4, -0.2) is 35.5 Å². The molecule has 1 aliphatic heterocycles. The molecule has 0 saturated carbocycles. The number of hydrazone groups is 1. The Morgan fingerprint density at radius 1 is 0.848 bits per heavy atom. The zero-order valence-electron chi connectivity index (χ0n) is 18.1. The van der Waals surface area contributed by atoms with Crippen molar-refractivity contribution in [2.45, 2.75) is 19.4 Å². The van der Waals surface area contributed by atoms with Crippen molar-refractivity contribution in [3.05, 3.63) is 101 Å². The topological polar surface area (TPSA) is 73.8 Å². The van der Waals surface area contributed by atoms with Crippen molar-refractivity contribution >= 4 is 34.8 Å². The van der Waals surface area contributed by atoms with Gasteiger partial charge in [-0.3, -0.25) is 14.5 Å². The van der Waals surface area contributed by atoms with Crippen molar-refractivity contribution < 1.29 is 9.59 Å². The molecule has 1 heterocycles. The summed E-state index contributed by atoms with van der Waals surface area (Å²) in [6.07, 6.45) is 1.62. The summed E-state index contributed by atoms with van der Waals surface area (Å²) >= 11 is 5.89. The van der Waals surface area contributed by atoms with Crippen LogP contribution in [0.2, 0.25) is 5.02 Å². The van der Waals surface area contributed by atoms with Crippen molar-refractivity contribution in [2.24, 2.45) is 5.10 Å². The molecule has 6 nitrogen and oxygen atoms in total. The lowest BCUT2D eigenvalue weighted by atomic mass is 10.1. The number of halogens is 1. The van der Waals surface area contributed by atoms with Crippen LogP contribution >= 0.6 is 11.6 Å². The van der Waals surface area contributed by atoms with E-state index in [1.54, 1.807) is 48.5 Å². The molecule has 1 saturated heterocycles. The van der Waals surface area contributed by atoms with E-state index >= 15 is 0 Å². The van der Waals surface area contributed by atoms with E-state index in [2.05, 4.69) is 45.0 Å². The average Bonchev–Trinajstić information content (AvgIpc) is 2.85. The summed E-state index contributed by atoms with van der Waals surface area (Å²) in [4.78, 5) is 27.7. The second-order valence-electron chi connectivity index (χ2n) is 7.89. The van der Waals surface area contributed by atoms with Crippen LogP contribution < -0.4 is 10.7 Å². The summed E-state index contributed by atoms with van der Waals surface area (Å²) in [6.45, 7) is 2.72. The molecule has 4 rings (SSSR count). The van der Waals surface area contributed by atoms with E-state index in [4.69, 9.17) is 11.6 Å². The highest BCUT2D eigenvalue weighted by atomic mass is 35.5. The number of benzene rings is 3. The number of anilines is 1. The molecule has 1 aliphatic rings. The number of hydrogen-bond donors (Lipinski definition) is 2. The fraction of sp³-hybridized carbons (Fsp3) is 0.192. The summed E-state index contributed by atoms with van der Waals surface area (Å²) < 4.78 is 0. The fourth-order valence-corrected chi connectivity index (χ4v) is 3.82. The van der Waals surface area contributed by atoms with Gasteiger partial charge < -0.3 is 5.32 Å². The minimum atomic E-state index is -0.360. The van der Waals surface area contributed by atoms with E-state index in [1.165, 1.54) is 5.56 Å². The van der Waals surface area contributed by atoms with Crippen LogP contribution in [0.1, 0.15) is 39.1 Å². The standard InChI is InChI=1S/C26H25ClN4O2/c27-21-12-10-20(11-13-21)25(32)28-24-9-5-4-8-23(24)26(33)30-29-22-14-16-31(17-15-22)18-19-6-2-1-3-7-19/h1-13H,14-18H2,(H,28,32)(H,30,33). The molecule has 2 N–H and O–H groups in total. The fourth-order valence-electron chi connectivity index (χ4n) is 3.70. The number of nitrogens with one attached hydrogen (secondary N) is 2. The van der Waals surface area contributed by atoms with Gasteiger partial charge >= 0.3 is 0 Å². The van der Waals surface area contributed by atoms with Gasteiger partial charge in [-0.2, -0.15) is 5.10 Å². The molecule has 0 spiro atoms. The average molecular weight is 461 g/mol. The van der Waals surface area contributed by atoms with E-state index in [0.29, 0.717) is 21.8 Å². The molecule has 3 aromatic carbocycles. The van der Waals surface area contributed by atoms with Crippen molar-refractivity contribution in [1.29, 1.82) is 0 Å². The summed E-state index contributed by atoms with van der Waals surface area (Å²) in [5.41, 5.74) is 6.15. The molecule has 0 atom stereocenters. The Hall–Kier alpha value is -3.48. The molecule has 33 heavy (non-hydrogen) atoms. The molecular weight excluding hydrogens is 436 g/mol. The third kappa shape index (κ3) is 6.28. The van der Waals surface area contributed by atoms with Gasteiger partial charge in [0.1, 0.15) is 0 Å². The lowest BCUT2D eigenvalue weighted by Crippen LogP contribution is -2.34. The van der Waals surface area contributed by atoms with Gasteiger partial charge in [-0.15, -0.1) is 0 Å². The summed E-state index contributed by atoms with van der Waals surface area (Å²) in [5.74, 6) is -0.676. The molecular formula is C26H25ClN4O2. The van der Waals surface area contributed by atoms with Crippen LogP contribution in [0.5, 0.6) is 0 Å². The van der Waals surface area contributed by atoms with E-state index in [1.807, 2.05) is 6.07 Å². The predicted molar refractivity (Wildman–Crippen MR) is 132 cm³/mol. The third-order valence-electron chi connectivity index (χ3n) is 5.52. The Bertz CT molecular complexity index is 1140. The smallest absolute Gasteiger partial charge is 0.273 e. The van der Waals surface area contributed by atoms with Gasteiger partial charge in [0.15, 0.2) is 0 Å². The number of likely N-dealkylation sites (tertiary alicyclic amines) is 1. The SMILES string of the molecule is O=C(Nc1ccccc1C(=O)NN=C1CCN(Cc2ccccc2)CC1)c1ccc(Cl)cc1. The number of carbonyl (C=O) groups excluding carboxylic acids is 2. The highest BCUT2D eigenvalue weighted by Crippen LogP contribution is 2.18. The third-order valence-corrected chi connectivity index (χ3v) is 5.78. The minimum absolute atomic E-state index is 0.316. The number of carbonyl (C=O) groups is 2. The highest BCUT2D eigenvalue weighted by molar-refractivity contribution is 6.30. The van der Waals surface area contributed by atoms with Gasteiger partial charge in [-0.05, 0) is 42.0 Å². The van der Waals surface area contributed by atoms with E-state index in [0.717, 1.165) is 38.2 Å². The molecule has 168 valence electrons. The molecule has 0 unspecified atom stereocenters.